The van der Waals surface area contributed by atoms with Crippen LogP contribution in [0, 0.1) is 0 Å². The first-order chi connectivity index (χ1) is 9.06. The van der Waals surface area contributed by atoms with Gasteiger partial charge in [-0.25, -0.2) is 0 Å². The third-order valence-electron chi connectivity index (χ3n) is 3.09. The van der Waals surface area contributed by atoms with Gasteiger partial charge in [-0.05, 0) is 18.6 Å². The molecule has 0 saturated carbocycles. The van der Waals surface area contributed by atoms with E-state index in [9.17, 15) is 9.59 Å². The summed E-state index contributed by atoms with van der Waals surface area (Å²) < 4.78 is 0. The maximum Gasteiger partial charge on any atom is 0.236 e. The maximum absolute atomic E-state index is 12.0. The predicted molar refractivity (Wildman–Crippen MR) is 77.0 cm³/mol. The first-order valence-corrected chi connectivity index (χ1v) is 6.61. The van der Waals surface area contributed by atoms with Crippen LogP contribution in [0.3, 0.4) is 0 Å². The van der Waals surface area contributed by atoms with Crippen LogP contribution in [-0.2, 0) is 9.59 Å². The summed E-state index contributed by atoms with van der Waals surface area (Å²) in [5.41, 5.74) is 0.802. The van der Waals surface area contributed by atoms with Crippen molar-refractivity contribution in [3.05, 3.63) is 30.3 Å². The predicted octanol–water partition coefficient (Wildman–Crippen LogP) is 2.30. The van der Waals surface area contributed by atoms with Crippen LogP contribution in [0.4, 0.5) is 5.69 Å². The molecule has 1 rings (SSSR count). The van der Waals surface area contributed by atoms with Crippen LogP contribution in [0.25, 0.3) is 0 Å². The van der Waals surface area contributed by atoms with E-state index in [4.69, 9.17) is 0 Å². The van der Waals surface area contributed by atoms with E-state index in [1.54, 1.807) is 19.0 Å². The molecular weight excluding hydrogens is 240 g/mol. The Hall–Kier alpha value is -1.84. The quantitative estimate of drug-likeness (QED) is 0.738. The SMILES string of the molecule is CCCCN(C)C(=O)CC(=O)N(C)c1ccccc1. The zero-order valence-electron chi connectivity index (χ0n) is 11.9. The molecule has 0 radical (unpaired) electrons. The van der Waals surface area contributed by atoms with Crippen molar-refractivity contribution in [2.24, 2.45) is 0 Å². The van der Waals surface area contributed by atoms with E-state index in [1.165, 1.54) is 4.90 Å². The van der Waals surface area contributed by atoms with Gasteiger partial charge in [-0.2, -0.15) is 0 Å². The summed E-state index contributed by atoms with van der Waals surface area (Å²) in [7, 11) is 3.44. The highest BCUT2D eigenvalue weighted by molar-refractivity contribution is 6.04. The van der Waals surface area contributed by atoms with Gasteiger partial charge in [0.15, 0.2) is 0 Å². The van der Waals surface area contributed by atoms with Crippen molar-refractivity contribution in [1.82, 2.24) is 4.90 Å². The molecule has 0 saturated heterocycles. The van der Waals surface area contributed by atoms with Crippen molar-refractivity contribution in [2.45, 2.75) is 26.2 Å². The summed E-state index contributed by atoms with van der Waals surface area (Å²) in [6.45, 7) is 2.78. The number of hydrogen-bond donors (Lipinski definition) is 0. The highest BCUT2D eigenvalue weighted by Crippen LogP contribution is 2.12. The first kappa shape index (κ1) is 15.2. The molecule has 0 heterocycles. The third kappa shape index (κ3) is 4.73. The molecule has 4 nitrogen and oxygen atoms in total. The van der Waals surface area contributed by atoms with Crippen LogP contribution in [-0.4, -0.2) is 37.4 Å². The Balaban J connectivity index is 2.53. The number of unbranched alkanes of at least 4 members (excludes halogenated alkanes) is 1. The Morgan fingerprint density at radius 1 is 1.05 bits per heavy atom. The molecule has 0 aliphatic carbocycles. The Bertz CT molecular complexity index is 417. The zero-order chi connectivity index (χ0) is 14.3. The van der Waals surface area contributed by atoms with E-state index in [0.717, 1.165) is 18.5 Å². The molecule has 0 fully saturated rings. The fraction of sp³-hybridized carbons (Fsp3) is 0.467. The highest BCUT2D eigenvalue weighted by Gasteiger charge is 2.17. The second-order valence-corrected chi connectivity index (χ2v) is 4.63. The molecule has 0 unspecified atom stereocenters. The summed E-state index contributed by atoms with van der Waals surface area (Å²) in [6, 6.07) is 9.33. The second-order valence-electron chi connectivity index (χ2n) is 4.63. The van der Waals surface area contributed by atoms with Crippen LogP contribution < -0.4 is 4.90 Å². The molecule has 0 atom stereocenters. The molecule has 1 aromatic rings. The maximum atomic E-state index is 12.0. The van der Waals surface area contributed by atoms with Gasteiger partial charge in [0.1, 0.15) is 6.42 Å². The fourth-order valence-corrected chi connectivity index (χ4v) is 1.70. The fourth-order valence-electron chi connectivity index (χ4n) is 1.70. The van der Waals surface area contributed by atoms with E-state index >= 15 is 0 Å². The summed E-state index contributed by atoms with van der Waals surface area (Å²) in [4.78, 5) is 27.0. The lowest BCUT2D eigenvalue weighted by atomic mass is 10.2. The van der Waals surface area contributed by atoms with Crippen molar-refractivity contribution in [1.29, 1.82) is 0 Å². The smallest absolute Gasteiger partial charge is 0.236 e. The average Bonchev–Trinajstić information content (AvgIpc) is 2.44. The standard InChI is InChI=1S/C15H22N2O2/c1-4-5-11-16(2)14(18)12-15(19)17(3)13-9-7-6-8-10-13/h6-10H,4-5,11-12H2,1-3H3. The molecule has 4 heteroatoms. The lowest BCUT2D eigenvalue weighted by Crippen LogP contribution is -2.34. The number of anilines is 1. The van der Waals surface area contributed by atoms with Gasteiger partial charge in [0.05, 0.1) is 0 Å². The molecule has 0 spiro atoms. The van der Waals surface area contributed by atoms with Crippen molar-refractivity contribution in [2.75, 3.05) is 25.5 Å². The topological polar surface area (TPSA) is 40.6 Å². The van der Waals surface area contributed by atoms with Crippen LogP contribution in [0.5, 0.6) is 0 Å². The first-order valence-electron chi connectivity index (χ1n) is 6.61. The van der Waals surface area contributed by atoms with Crippen LogP contribution in [0.15, 0.2) is 30.3 Å². The number of nitrogens with zero attached hydrogens (tertiary/aromatic N) is 2. The Kier molecular flexibility index (Phi) is 6.06. The molecule has 0 aliphatic rings. The Morgan fingerprint density at radius 2 is 1.68 bits per heavy atom. The Labute approximate surface area is 115 Å². The molecule has 0 N–H and O–H groups in total. The molecular formula is C15H22N2O2. The van der Waals surface area contributed by atoms with Crippen molar-refractivity contribution in [3.63, 3.8) is 0 Å². The van der Waals surface area contributed by atoms with Crippen molar-refractivity contribution >= 4 is 17.5 Å². The van der Waals surface area contributed by atoms with E-state index in [0.29, 0.717) is 6.54 Å². The largest absolute Gasteiger partial charge is 0.345 e. The number of amides is 2. The molecule has 0 bridgehead atoms. The van der Waals surface area contributed by atoms with Gasteiger partial charge in [0, 0.05) is 26.3 Å². The number of benzene rings is 1. The van der Waals surface area contributed by atoms with Gasteiger partial charge in [0.25, 0.3) is 0 Å². The van der Waals surface area contributed by atoms with E-state index in [-0.39, 0.29) is 18.2 Å². The number of para-hydroxylation sites is 1. The summed E-state index contributed by atoms with van der Waals surface area (Å²) in [5.74, 6) is -0.305. The van der Waals surface area contributed by atoms with Crippen molar-refractivity contribution in [3.8, 4) is 0 Å². The molecule has 19 heavy (non-hydrogen) atoms. The van der Waals surface area contributed by atoms with E-state index in [2.05, 4.69) is 6.92 Å². The van der Waals surface area contributed by atoms with Gasteiger partial charge in [-0.1, -0.05) is 31.5 Å². The lowest BCUT2D eigenvalue weighted by molar-refractivity contribution is -0.134. The molecule has 0 aliphatic heterocycles. The summed E-state index contributed by atoms with van der Waals surface area (Å²) >= 11 is 0. The lowest BCUT2D eigenvalue weighted by Gasteiger charge is -2.20. The number of carbonyl (C=O) groups is 2. The van der Waals surface area contributed by atoms with Crippen LogP contribution in [0.1, 0.15) is 26.2 Å². The van der Waals surface area contributed by atoms with Gasteiger partial charge < -0.3 is 9.80 Å². The second kappa shape index (κ2) is 7.56. The van der Waals surface area contributed by atoms with Gasteiger partial charge >= 0.3 is 0 Å². The molecule has 0 aromatic heterocycles. The van der Waals surface area contributed by atoms with Gasteiger partial charge in [0.2, 0.25) is 11.8 Å². The molecule has 2 amide bonds. The number of hydrogen-bond acceptors (Lipinski definition) is 2. The van der Waals surface area contributed by atoms with Crippen LogP contribution in [0.2, 0.25) is 0 Å². The molecule has 104 valence electrons. The molecule has 1 aromatic carbocycles. The average molecular weight is 262 g/mol. The number of rotatable bonds is 6. The monoisotopic (exact) mass is 262 g/mol. The third-order valence-corrected chi connectivity index (χ3v) is 3.09. The Morgan fingerprint density at radius 3 is 2.26 bits per heavy atom. The van der Waals surface area contributed by atoms with E-state index in [1.807, 2.05) is 30.3 Å². The minimum Gasteiger partial charge on any atom is -0.345 e. The summed E-state index contributed by atoms with van der Waals surface area (Å²) in [5, 5.41) is 0. The number of carbonyl (C=O) groups excluding carboxylic acids is 2. The van der Waals surface area contributed by atoms with E-state index < -0.39 is 0 Å². The normalized spacial score (nSPS) is 10.1. The van der Waals surface area contributed by atoms with Crippen molar-refractivity contribution < 1.29 is 9.59 Å². The highest BCUT2D eigenvalue weighted by atomic mass is 16.2. The minimum absolute atomic E-state index is 0.0778. The zero-order valence-corrected chi connectivity index (χ0v) is 11.9. The van der Waals surface area contributed by atoms with Gasteiger partial charge in [-0.15, -0.1) is 0 Å². The van der Waals surface area contributed by atoms with Crippen LogP contribution >= 0.6 is 0 Å². The van der Waals surface area contributed by atoms with Gasteiger partial charge in [-0.3, -0.25) is 9.59 Å². The minimum atomic E-state index is -0.181. The summed E-state index contributed by atoms with van der Waals surface area (Å²) in [6.07, 6.45) is 1.92.